The molecule has 1 saturated heterocycles. The first-order valence-corrected chi connectivity index (χ1v) is 13.1. The van der Waals surface area contributed by atoms with Gasteiger partial charge in [-0.25, -0.2) is 0 Å². The lowest BCUT2D eigenvalue weighted by Gasteiger charge is -2.28. The van der Waals surface area contributed by atoms with Crippen molar-refractivity contribution in [3.05, 3.63) is 65.7 Å². The van der Waals surface area contributed by atoms with Crippen LogP contribution in [0.2, 0.25) is 0 Å². The molecule has 2 atom stereocenters. The number of aliphatic hydroxyl groups excluding tert-OH is 1. The molecule has 1 fully saturated rings. The number of nitrogens with zero attached hydrogens (tertiary/aromatic N) is 3. The molecule has 1 aliphatic heterocycles. The summed E-state index contributed by atoms with van der Waals surface area (Å²) in [6.45, 7) is 10.7. The number of hydrogen-bond donors (Lipinski definition) is 1. The second-order valence-electron chi connectivity index (χ2n) is 9.41. The zero-order chi connectivity index (χ0) is 25.3. The molecule has 7 nitrogen and oxygen atoms in total. The van der Waals surface area contributed by atoms with Gasteiger partial charge in [0.2, 0.25) is 5.88 Å². The molecule has 2 heterocycles. The van der Waals surface area contributed by atoms with Crippen molar-refractivity contribution in [1.82, 2.24) is 10.1 Å². The number of aromatic nitrogens is 1. The van der Waals surface area contributed by atoms with Crippen LogP contribution in [0, 0.1) is 6.92 Å². The summed E-state index contributed by atoms with van der Waals surface area (Å²) in [4.78, 5) is 4.45. The van der Waals surface area contributed by atoms with Crippen molar-refractivity contribution < 1.29 is 19.1 Å². The second-order valence-corrected chi connectivity index (χ2v) is 9.41. The summed E-state index contributed by atoms with van der Waals surface area (Å²) in [5, 5.41) is 15.5. The Balaban J connectivity index is 1.56. The van der Waals surface area contributed by atoms with E-state index in [0.29, 0.717) is 13.1 Å². The average molecular weight is 494 g/mol. The van der Waals surface area contributed by atoms with Crippen LogP contribution in [0.4, 0.5) is 5.88 Å². The molecule has 7 heteroatoms. The molecule has 0 bridgehead atoms. The number of anilines is 1. The van der Waals surface area contributed by atoms with E-state index in [1.807, 2.05) is 49.4 Å². The molecule has 0 amide bonds. The molecule has 1 aromatic heterocycles. The van der Waals surface area contributed by atoms with Crippen LogP contribution in [-0.4, -0.2) is 66.8 Å². The van der Waals surface area contributed by atoms with Crippen LogP contribution >= 0.6 is 0 Å². The first-order chi connectivity index (χ1) is 17.6. The third-order valence-electron chi connectivity index (χ3n) is 6.73. The molecule has 36 heavy (non-hydrogen) atoms. The van der Waals surface area contributed by atoms with Gasteiger partial charge in [-0.2, -0.15) is 0 Å². The Hall–Kier alpha value is -2.87. The van der Waals surface area contributed by atoms with Crippen LogP contribution < -0.4 is 9.64 Å². The lowest BCUT2D eigenvalue weighted by Crippen LogP contribution is -2.40. The average Bonchev–Trinajstić information content (AvgIpc) is 3.55. The first-order valence-electron chi connectivity index (χ1n) is 13.1. The normalized spacial score (nSPS) is 16.4. The first kappa shape index (κ1) is 26.2. The molecular formula is C29H39N3O4. The molecule has 0 radical (unpaired) electrons. The van der Waals surface area contributed by atoms with Gasteiger partial charge in [0, 0.05) is 44.9 Å². The summed E-state index contributed by atoms with van der Waals surface area (Å²) in [6.07, 6.45) is 1.61. The molecule has 0 aliphatic carbocycles. The van der Waals surface area contributed by atoms with E-state index in [1.54, 1.807) is 0 Å². The Bertz CT molecular complexity index is 1060. The molecule has 0 saturated carbocycles. The highest BCUT2D eigenvalue weighted by molar-refractivity contribution is 5.68. The number of hydrogen-bond acceptors (Lipinski definition) is 7. The number of aliphatic hydroxyl groups is 1. The molecule has 2 aromatic carbocycles. The van der Waals surface area contributed by atoms with Gasteiger partial charge in [0.05, 0.1) is 11.7 Å². The minimum absolute atomic E-state index is 0.159. The Morgan fingerprint density at radius 1 is 1.08 bits per heavy atom. The zero-order valence-corrected chi connectivity index (χ0v) is 21.7. The fourth-order valence-corrected chi connectivity index (χ4v) is 4.78. The topological polar surface area (TPSA) is 71.2 Å². The van der Waals surface area contributed by atoms with Gasteiger partial charge in [-0.3, -0.25) is 4.90 Å². The molecule has 194 valence electrons. The minimum Gasteiger partial charge on any atom is -0.491 e. The summed E-state index contributed by atoms with van der Waals surface area (Å²) >= 11 is 0. The molecule has 1 aliphatic rings. The van der Waals surface area contributed by atoms with Crippen LogP contribution in [0.25, 0.3) is 11.3 Å². The van der Waals surface area contributed by atoms with Gasteiger partial charge in [0.1, 0.15) is 24.2 Å². The van der Waals surface area contributed by atoms with Crippen LogP contribution in [0.1, 0.15) is 37.8 Å². The summed E-state index contributed by atoms with van der Waals surface area (Å²) in [6, 6.07) is 18.0. The van der Waals surface area contributed by atoms with Crippen molar-refractivity contribution in [2.24, 2.45) is 0 Å². The van der Waals surface area contributed by atoms with E-state index in [0.717, 1.165) is 73.1 Å². The van der Waals surface area contributed by atoms with Gasteiger partial charge in [-0.05, 0) is 45.2 Å². The van der Waals surface area contributed by atoms with Crippen LogP contribution in [0.15, 0.2) is 59.1 Å². The van der Waals surface area contributed by atoms with Crippen molar-refractivity contribution in [1.29, 1.82) is 0 Å². The SMILES string of the molecule is CCN(CC)c1onc(-c2ccccc2)c1CN(CC(O)COc1ccccc1C)CC1CCCO1. The number of ether oxygens (including phenoxy) is 2. The highest BCUT2D eigenvalue weighted by Crippen LogP contribution is 2.33. The van der Waals surface area contributed by atoms with Crippen molar-refractivity contribution in [3.63, 3.8) is 0 Å². The monoisotopic (exact) mass is 493 g/mol. The molecule has 1 N–H and O–H groups in total. The maximum Gasteiger partial charge on any atom is 0.232 e. The highest BCUT2D eigenvalue weighted by Gasteiger charge is 2.27. The van der Waals surface area contributed by atoms with Gasteiger partial charge in [-0.15, -0.1) is 0 Å². The van der Waals surface area contributed by atoms with Crippen molar-refractivity contribution >= 4 is 5.88 Å². The molecule has 4 rings (SSSR count). The van der Waals surface area contributed by atoms with E-state index in [1.165, 1.54) is 0 Å². The Morgan fingerprint density at radius 2 is 1.83 bits per heavy atom. The Labute approximate surface area is 214 Å². The third-order valence-corrected chi connectivity index (χ3v) is 6.73. The van der Waals surface area contributed by atoms with E-state index >= 15 is 0 Å². The van der Waals surface area contributed by atoms with Gasteiger partial charge in [0.15, 0.2) is 0 Å². The van der Waals surface area contributed by atoms with Crippen LogP contribution in [-0.2, 0) is 11.3 Å². The Morgan fingerprint density at radius 3 is 2.53 bits per heavy atom. The maximum absolute atomic E-state index is 11.0. The van der Waals surface area contributed by atoms with E-state index in [-0.39, 0.29) is 12.7 Å². The number of rotatable bonds is 13. The Kier molecular flexibility index (Phi) is 9.39. The largest absolute Gasteiger partial charge is 0.491 e. The number of para-hydroxylation sites is 1. The van der Waals surface area contributed by atoms with Crippen molar-refractivity contribution in [3.8, 4) is 17.0 Å². The summed E-state index contributed by atoms with van der Waals surface area (Å²) < 4.78 is 17.8. The quantitative estimate of drug-likeness (QED) is 0.362. The standard InChI is InChI=1S/C29H39N3O4/c1-4-32(5-2)29-26(28(30-36-29)23-13-7-6-8-14-23)20-31(19-25-15-11-17-34-25)18-24(33)21-35-27-16-10-9-12-22(27)3/h6-10,12-14,16,24-25,33H,4-5,11,15,17-21H2,1-3H3. The van der Waals surface area contributed by atoms with Crippen molar-refractivity contribution in [2.45, 2.75) is 52.4 Å². The zero-order valence-electron chi connectivity index (χ0n) is 21.7. The lowest BCUT2D eigenvalue weighted by molar-refractivity contribution is 0.0313. The molecule has 2 unspecified atom stereocenters. The van der Waals surface area contributed by atoms with E-state index < -0.39 is 6.10 Å². The van der Waals surface area contributed by atoms with E-state index in [2.05, 4.69) is 40.9 Å². The summed E-state index contributed by atoms with van der Waals surface area (Å²) in [5.41, 5.74) is 3.97. The fraction of sp³-hybridized carbons (Fsp3) is 0.483. The second kappa shape index (κ2) is 12.9. The van der Waals surface area contributed by atoms with Gasteiger partial charge in [0.25, 0.3) is 0 Å². The predicted molar refractivity (Wildman–Crippen MR) is 142 cm³/mol. The number of aryl methyl sites for hydroxylation is 1. The summed E-state index contributed by atoms with van der Waals surface area (Å²) in [7, 11) is 0. The van der Waals surface area contributed by atoms with Gasteiger partial charge >= 0.3 is 0 Å². The minimum atomic E-state index is -0.650. The predicted octanol–water partition coefficient (Wildman–Crippen LogP) is 4.92. The lowest BCUT2D eigenvalue weighted by atomic mass is 10.1. The van der Waals surface area contributed by atoms with E-state index in [9.17, 15) is 5.11 Å². The van der Waals surface area contributed by atoms with Crippen LogP contribution in [0.5, 0.6) is 5.75 Å². The third kappa shape index (κ3) is 6.66. The van der Waals surface area contributed by atoms with E-state index in [4.69, 9.17) is 14.0 Å². The van der Waals surface area contributed by atoms with Crippen LogP contribution in [0.3, 0.4) is 0 Å². The highest BCUT2D eigenvalue weighted by atomic mass is 16.5. The van der Waals surface area contributed by atoms with Gasteiger partial charge < -0.3 is 24.0 Å². The maximum atomic E-state index is 11.0. The molecular weight excluding hydrogens is 454 g/mol. The smallest absolute Gasteiger partial charge is 0.232 e. The van der Waals surface area contributed by atoms with Crippen molar-refractivity contribution in [2.75, 3.05) is 44.3 Å². The molecule has 0 spiro atoms. The number of benzene rings is 2. The fourth-order valence-electron chi connectivity index (χ4n) is 4.78. The molecule has 3 aromatic rings. The summed E-state index contributed by atoms with van der Waals surface area (Å²) in [5.74, 6) is 1.60. The van der Waals surface area contributed by atoms with Gasteiger partial charge in [-0.1, -0.05) is 53.7 Å².